The molecule has 0 fully saturated rings. The third-order valence-electron chi connectivity index (χ3n) is 2.22. The van der Waals surface area contributed by atoms with Crippen molar-refractivity contribution in [1.82, 2.24) is 9.97 Å². The lowest BCUT2D eigenvalue weighted by molar-refractivity contribution is 0.397. The lowest BCUT2D eigenvalue weighted by Crippen LogP contribution is -2.00. The fourth-order valence-corrected chi connectivity index (χ4v) is 1.58. The summed E-state index contributed by atoms with van der Waals surface area (Å²) < 4.78 is 18.0. The molecule has 0 aliphatic rings. The predicted molar refractivity (Wildman–Crippen MR) is 68.0 cm³/mol. The zero-order chi connectivity index (χ0) is 13.1. The predicted octanol–water partition coefficient (Wildman–Crippen LogP) is 3.33. The average molecular weight is 268 g/mol. The number of anilines is 2. The van der Waals surface area contributed by atoms with Crippen LogP contribution in [0.5, 0.6) is 5.88 Å². The summed E-state index contributed by atoms with van der Waals surface area (Å²) in [5.74, 6) is 0.359. The molecule has 2 aromatic rings. The molecule has 0 aliphatic carbocycles. The Morgan fingerprint density at radius 2 is 2.06 bits per heavy atom. The fourth-order valence-electron chi connectivity index (χ4n) is 1.40. The molecule has 0 saturated carbocycles. The summed E-state index contributed by atoms with van der Waals surface area (Å²) in [5.41, 5.74) is 1.37. The molecule has 1 aromatic carbocycles. The summed E-state index contributed by atoms with van der Waals surface area (Å²) in [6, 6.07) is 6.01. The van der Waals surface area contributed by atoms with Crippen LogP contribution in [0, 0.1) is 12.7 Å². The summed E-state index contributed by atoms with van der Waals surface area (Å²) in [4.78, 5) is 8.31. The number of aromatic nitrogens is 2. The molecule has 0 amide bonds. The molecule has 6 heteroatoms. The topological polar surface area (TPSA) is 47.0 Å². The standard InChI is InChI=1S/C12H11ClFN3O/c1-7-5-11(18-2)17-12(15-7)16-8-3-4-10(14)9(13)6-8/h3-6H,1-2H3,(H,15,16,17). The maximum Gasteiger partial charge on any atom is 0.230 e. The maximum absolute atomic E-state index is 13.0. The number of hydrogen-bond acceptors (Lipinski definition) is 4. The van der Waals surface area contributed by atoms with Crippen LogP contribution >= 0.6 is 11.6 Å². The quantitative estimate of drug-likeness (QED) is 0.927. The number of benzene rings is 1. The first-order valence-electron chi connectivity index (χ1n) is 5.20. The van der Waals surface area contributed by atoms with Gasteiger partial charge < -0.3 is 10.1 Å². The van der Waals surface area contributed by atoms with E-state index in [1.807, 2.05) is 6.92 Å². The van der Waals surface area contributed by atoms with Gasteiger partial charge in [-0.15, -0.1) is 0 Å². The lowest BCUT2D eigenvalue weighted by atomic mass is 10.3. The Balaban J connectivity index is 2.27. The smallest absolute Gasteiger partial charge is 0.230 e. The van der Waals surface area contributed by atoms with E-state index in [0.29, 0.717) is 17.5 Å². The molecule has 4 nitrogen and oxygen atoms in total. The molecule has 2 rings (SSSR count). The average Bonchev–Trinajstić information content (AvgIpc) is 2.33. The molecular formula is C12H11ClFN3O. The van der Waals surface area contributed by atoms with Crippen molar-refractivity contribution in [1.29, 1.82) is 0 Å². The Morgan fingerprint density at radius 3 is 2.72 bits per heavy atom. The molecular weight excluding hydrogens is 257 g/mol. The van der Waals surface area contributed by atoms with Crippen LogP contribution in [0.1, 0.15) is 5.69 Å². The first-order valence-corrected chi connectivity index (χ1v) is 5.58. The van der Waals surface area contributed by atoms with E-state index in [1.165, 1.54) is 19.2 Å². The number of nitrogens with zero attached hydrogens (tertiary/aromatic N) is 2. The fraction of sp³-hybridized carbons (Fsp3) is 0.167. The number of methoxy groups -OCH3 is 1. The number of rotatable bonds is 3. The molecule has 0 atom stereocenters. The second-order valence-electron chi connectivity index (χ2n) is 3.63. The zero-order valence-electron chi connectivity index (χ0n) is 9.87. The first kappa shape index (κ1) is 12.6. The second kappa shape index (κ2) is 5.18. The highest BCUT2D eigenvalue weighted by molar-refractivity contribution is 6.31. The first-order chi connectivity index (χ1) is 8.58. The zero-order valence-corrected chi connectivity index (χ0v) is 10.6. The van der Waals surface area contributed by atoms with Gasteiger partial charge in [0.2, 0.25) is 11.8 Å². The summed E-state index contributed by atoms with van der Waals surface area (Å²) in [7, 11) is 1.53. The van der Waals surface area contributed by atoms with Crippen LogP contribution < -0.4 is 10.1 Å². The molecule has 1 N–H and O–H groups in total. The maximum atomic E-state index is 13.0. The van der Waals surface area contributed by atoms with Crippen LogP contribution in [0.3, 0.4) is 0 Å². The molecule has 0 bridgehead atoms. The van der Waals surface area contributed by atoms with Gasteiger partial charge in [-0.05, 0) is 25.1 Å². The minimum atomic E-state index is -0.468. The number of halogens is 2. The van der Waals surface area contributed by atoms with Crippen molar-refractivity contribution in [2.45, 2.75) is 6.92 Å². The minimum absolute atomic E-state index is 0.0413. The van der Waals surface area contributed by atoms with Crippen LogP contribution in [0.2, 0.25) is 5.02 Å². The molecule has 94 valence electrons. The lowest BCUT2D eigenvalue weighted by Gasteiger charge is -2.07. The van der Waals surface area contributed by atoms with Crippen molar-refractivity contribution in [3.8, 4) is 5.88 Å². The third-order valence-corrected chi connectivity index (χ3v) is 2.51. The molecule has 18 heavy (non-hydrogen) atoms. The van der Waals surface area contributed by atoms with Gasteiger partial charge in [0, 0.05) is 17.4 Å². The van der Waals surface area contributed by atoms with Gasteiger partial charge >= 0.3 is 0 Å². The highest BCUT2D eigenvalue weighted by Crippen LogP contribution is 2.22. The Labute approximate surface area is 109 Å². The van der Waals surface area contributed by atoms with Crippen LogP contribution in [-0.2, 0) is 0 Å². The normalized spacial score (nSPS) is 10.2. The van der Waals surface area contributed by atoms with Gasteiger partial charge in [0.1, 0.15) is 5.82 Å². The molecule has 1 aromatic heterocycles. The number of ether oxygens (including phenoxy) is 1. The van der Waals surface area contributed by atoms with Gasteiger partial charge in [0.25, 0.3) is 0 Å². The second-order valence-corrected chi connectivity index (χ2v) is 4.04. The molecule has 0 radical (unpaired) electrons. The molecule has 0 unspecified atom stereocenters. The molecule has 0 aliphatic heterocycles. The van der Waals surface area contributed by atoms with E-state index in [-0.39, 0.29) is 5.02 Å². The highest BCUT2D eigenvalue weighted by Gasteiger charge is 2.05. The van der Waals surface area contributed by atoms with E-state index < -0.39 is 5.82 Å². The molecule has 0 spiro atoms. The number of nitrogens with one attached hydrogen (secondary N) is 1. The molecule has 1 heterocycles. The third kappa shape index (κ3) is 2.87. The Kier molecular flexibility index (Phi) is 3.62. The van der Waals surface area contributed by atoms with E-state index in [0.717, 1.165) is 5.69 Å². The van der Waals surface area contributed by atoms with Gasteiger partial charge in [-0.25, -0.2) is 9.37 Å². The van der Waals surface area contributed by atoms with Gasteiger partial charge in [-0.2, -0.15) is 4.98 Å². The number of aryl methyl sites for hydroxylation is 1. The van der Waals surface area contributed by atoms with Crippen molar-refractivity contribution in [3.05, 3.63) is 40.8 Å². The van der Waals surface area contributed by atoms with E-state index >= 15 is 0 Å². The van der Waals surface area contributed by atoms with Crippen molar-refractivity contribution in [2.24, 2.45) is 0 Å². The van der Waals surface area contributed by atoms with E-state index in [4.69, 9.17) is 16.3 Å². The van der Waals surface area contributed by atoms with Crippen LogP contribution in [0.25, 0.3) is 0 Å². The summed E-state index contributed by atoms with van der Waals surface area (Å²) in [6.45, 7) is 1.83. The number of hydrogen-bond donors (Lipinski definition) is 1. The van der Waals surface area contributed by atoms with Crippen LogP contribution in [-0.4, -0.2) is 17.1 Å². The van der Waals surface area contributed by atoms with Gasteiger partial charge in [-0.3, -0.25) is 0 Å². The van der Waals surface area contributed by atoms with Crippen molar-refractivity contribution in [3.63, 3.8) is 0 Å². The summed E-state index contributed by atoms with van der Waals surface area (Å²) in [5, 5.41) is 2.98. The van der Waals surface area contributed by atoms with Crippen molar-refractivity contribution >= 4 is 23.2 Å². The molecule has 0 saturated heterocycles. The van der Waals surface area contributed by atoms with Crippen molar-refractivity contribution < 1.29 is 9.13 Å². The monoisotopic (exact) mass is 267 g/mol. The minimum Gasteiger partial charge on any atom is -0.481 e. The van der Waals surface area contributed by atoms with E-state index in [1.54, 1.807) is 12.1 Å². The van der Waals surface area contributed by atoms with Gasteiger partial charge in [-0.1, -0.05) is 11.6 Å². The summed E-state index contributed by atoms with van der Waals surface area (Å²) >= 11 is 5.69. The largest absolute Gasteiger partial charge is 0.481 e. The Bertz CT molecular complexity index is 577. The van der Waals surface area contributed by atoms with Crippen LogP contribution in [0.4, 0.5) is 16.0 Å². The van der Waals surface area contributed by atoms with E-state index in [2.05, 4.69) is 15.3 Å². The van der Waals surface area contributed by atoms with Crippen LogP contribution in [0.15, 0.2) is 24.3 Å². The summed E-state index contributed by atoms with van der Waals surface area (Å²) in [6.07, 6.45) is 0. The SMILES string of the molecule is COc1cc(C)nc(Nc2ccc(F)c(Cl)c2)n1. The Morgan fingerprint density at radius 1 is 1.28 bits per heavy atom. The van der Waals surface area contributed by atoms with Gasteiger partial charge in [0.05, 0.1) is 12.1 Å². The van der Waals surface area contributed by atoms with Gasteiger partial charge in [0.15, 0.2) is 0 Å². The highest BCUT2D eigenvalue weighted by atomic mass is 35.5. The Hall–Kier alpha value is -1.88. The van der Waals surface area contributed by atoms with Crippen molar-refractivity contribution in [2.75, 3.05) is 12.4 Å². The van der Waals surface area contributed by atoms with E-state index in [9.17, 15) is 4.39 Å².